The van der Waals surface area contributed by atoms with Crippen LogP contribution in [0.5, 0.6) is 5.75 Å². The molecule has 62 heavy (non-hydrogen) atoms. The normalized spacial score (nSPS) is 11.1. The molecule has 0 aliphatic carbocycles. The second-order valence-electron chi connectivity index (χ2n) is 11.7. The molecule has 330 valence electrons. The zero-order valence-electron chi connectivity index (χ0n) is 33.3. The third-order valence-corrected chi connectivity index (χ3v) is 7.80. The van der Waals surface area contributed by atoms with E-state index >= 15 is 0 Å². The van der Waals surface area contributed by atoms with Crippen molar-refractivity contribution in [1.29, 1.82) is 10.5 Å². The number of nitro benzene ring substituents is 1. The molecule has 0 heterocycles. The van der Waals surface area contributed by atoms with Crippen LogP contribution in [0.4, 0.5) is 35.0 Å². The smallest absolute Gasteiger partial charge is 0.459 e. The number of alkyl halides is 3. The molecule has 0 aromatic heterocycles. The molecule has 0 unspecified atom stereocenters. The van der Waals surface area contributed by atoms with E-state index in [1.54, 1.807) is 19.9 Å². The molecule has 0 saturated heterocycles. The molecule has 2 aromatic carbocycles. The summed E-state index contributed by atoms with van der Waals surface area (Å²) in [6.07, 6.45) is -2.58. The molecule has 22 heteroatoms. The lowest BCUT2D eigenvalue weighted by Crippen LogP contribution is -2.30. The molecule has 0 spiro atoms. The summed E-state index contributed by atoms with van der Waals surface area (Å²) in [4.78, 5) is 73.7. The van der Waals surface area contributed by atoms with Crippen LogP contribution in [-0.4, -0.2) is 107 Å². The van der Waals surface area contributed by atoms with Gasteiger partial charge in [0.1, 0.15) is 74.4 Å². The summed E-state index contributed by atoms with van der Waals surface area (Å²) in [5.74, 6) is -4.55. The van der Waals surface area contributed by atoms with E-state index in [-0.39, 0.29) is 81.7 Å². The van der Waals surface area contributed by atoms with Crippen molar-refractivity contribution in [3.8, 4) is 17.9 Å². The number of carbonyl (C=O) groups excluding carboxylic acids is 5. The van der Waals surface area contributed by atoms with Gasteiger partial charge in [0.2, 0.25) is 0 Å². The van der Waals surface area contributed by atoms with Gasteiger partial charge < -0.3 is 43.0 Å². The predicted octanol–water partition coefficient (Wildman–Crippen LogP) is 5.36. The van der Waals surface area contributed by atoms with Crippen molar-refractivity contribution in [3.05, 3.63) is 94.1 Å². The van der Waals surface area contributed by atoms with Crippen LogP contribution >= 0.6 is 0 Å². The quantitative estimate of drug-likeness (QED) is 0.0245. The van der Waals surface area contributed by atoms with E-state index in [1.807, 2.05) is 0 Å². The first-order chi connectivity index (χ1) is 29.5. The monoisotopic (exact) mass is 871 g/mol. The van der Waals surface area contributed by atoms with E-state index in [4.69, 9.17) is 18.9 Å². The van der Waals surface area contributed by atoms with Crippen molar-refractivity contribution in [1.82, 2.24) is 0 Å². The molecule has 0 N–H and O–H groups in total. The largest absolute Gasteiger partial charge is 0.573 e. The van der Waals surface area contributed by atoms with Crippen molar-refractivity contribution in [2.45, 2.75) is 20.2 Å². The molecule has 0 radical (unpaired) electrons. The lowest BCUT2D eigenvalue weighted by Gasteiger charge is -2.24. The Labute approximate surface area is 352 Å². The first-order valence-electron chi connectivity index (χ1n) is 18.1. The summed E-state index contributed by atoms with van der Waals surface area (Å²) in [6, 6.07) is 10.6. The number of rotatable bonds is 24. The second kappa shape index (κ2) is 25.6. The number of nitrogens with zero attached hydrogens (tertiary/aromatic N) is 5. The zero-order valence-corrected chi connectivity index (χ0v) is 33.3. The third kappa shape index (κ3) is 17.1. The molecule has 2 aromatic rings. The standard InChI is InChI=1S/C40H40F3N5O14/c1-5-35(49)56-17-19-58-37(51)29(25-44)21-27-9-12-32(33(22-27)48(54)55)47(8-4)14-16-61-39(53)60-15-13-46(7-3)31-11-10-28(34(24-31)62-40(41,42)43)23-30(26-45)38(52)59-20-18-57-36(50)6-2/h5-6,9-12,21-24H,1-2,7-8,13-20H2,3-4H3. The molecule has 19 nitrogen and oxygen atoms in total. The van der Waals surface area contributed by atoms with Gasteiger partial charge in [0.05, 0.1) is 18.0 Å². The second-order valence-corrected chi connectivity index (χ2v) is 11.7. The molecule has 0 fully saturated rings. The van der Waals surface area contributed by atoms with E-state index < -0.39 is 70.5 Å². The number of esters is 4. The summed E-state index contributed by atoms with van der Waals surface area (Å²) in [5, 5.41) is 30.9. The van der Waals surface area contributed by atoms with Crippen molar-refractivity contribution < 1.29 is 75.2 Å². The number of hydrogen-bond acceptors (Lipinski definition) is 18. The Hall–Kier alpha value is -7.88. The fourth-order valence-corrected chi connectivity index (χ4v) is 4.96. The van der Waals surface area contributed by atoms with Crippen LogP contribution in [0.25, 0.3) is 12.2 Å². The van der Waals surface area contributed by atoms with Gasteiger partial charge in [-0.1, -0.05) is 19.2 Å². The fourth-order valence-electron chi connectivity index (χ4n) is 4.96. The number of ether oxygens (including phenoxy) is 7. The number of halogens is 3. The van der Waals surface area contributed by atoms with E-state index in [0.29, 0.717) is 0 Å². The minimum Gasteiger partial charge on any atom is -0.459 e. The number of likely N-dealkylation sites (N-methyl/N-ethyl adjacent to an activating group) is 2. The number of nitro groups is 1. The number of nitriles is 2. The minimum absolute atomic E-state index is 0.0336. The van der Waals surface area contributed by atoms with Crippen molar-refractivity contribution in [3.63, 3.8) is 0 Å². The molecule has 0 aliphatic heterocycles. The summed E-state index contributed by atoms with van der Waals surface area (Å²) in [6.45, 7) is 8.09. The molecule has 0 amide bonds. The Morgan fingerprint density at radius 1 is 0.742 bits per heavy atom. The van der Waals surface area contributed by atoms with Gasteiger partial charge in [-0.15, -0.1) is 13.2 Å². The van der Waals surface area contributed by atoms with E-state index in [1.165, 1.54) is 34.1 Å². The van der Waals surface area contributed by atoms with Gasteiger partial charge in [0.15, 0.2) is 0 Å². The number of benzene rings is 2. The highest BCUT2D eigenvalue weighted by molar-refractivity contribution is 5.99. The van der Waals surface area contributed by atoms with Gasteiger partial charge in [0.25, 0.3) is 5.69 Å². The highest BCUT2D eigenvalue weighted by atomic mass is 19.4. The SMILES string of the molecule is C=CC(=O)OCCOC(=O)C(C#N)=Cc1ccc(N(CC)CCOC(=O)OCCN(CC)c2ccc(C=C(C#N)C(=O)OCCOC(=O)C=C)c(OC(F)(F)F)c2)c([N+](=O)[O-])c1. The van der Waals surface area contributed by atoms with Crippen LogP contribution in [-0.2, 0) is 47.6 Å². The van der Waals surface area contributed by atoms with Crippen molar-refractivity contribution in [2.24, 2.45) is 0 Å². The van der Waals surface area contributed by atoms with Crippen LogP contribution in [0.1, 0.15) is 25.0 Å². The Morgan fingerprint density at radius 3 is 1.74 bits per heavy atom. The highest BCUT2D eigenvalue weighted by Crippen LogP contribution is 2.33. The summed E-state index contributed by atoms with van der Waals surface area (Å²) in [7, 11) is 0. The number of anilines is 2. The first kappa shape index (κ1) is 50.3. The average Bonchev–Trinajstić information content (AvgIpc) is 3.24. The molecule has 0 aliphatic rings. The molecule has 0 bridgehead atoms. The van der Waals surface area contributed by atoms with Gasteiger partial charge in [-0.25, -0.2) is 24.0 Å². The summed E-state index contributed by atoms with van der Waals surface area (Å²) < 4.78 is 73.7. The van der Waals surface area contributed by atoms with Crippen LogP contribution in [0.15, 0.2) is 72.9 Å². The van der Waals surface area contributed by atoms with Crippen LogP contribution in [0.2, 0.25) is 0 Å². The third-order valence-electron chi connectivity index (χ3n) is 7.80. The maximum Gasteiger partial charge on any atom is 0.573 e. The molecule has 0 atom stereocenters. The molecular weight excluding hydrogens is 831 g/mol. The predicted molar refractivity (Wildman–Crippen MR) is 211 cm³/mol. The average molecular weight is 872 g/mol. The Balaban J connectivity index is 2.07. The molecule has 0 saturated carbocycles. The highest BCUT2D eigenvalue weighted by Gasteiger charge is 2.32. The van der Waals surface area contributed by atoms with Crippen molar-refractivity contribution >= 4 is 59.2 Å². The molecule has 2 rings (SSSR count). The first-order valence-corrected chi connectivity index (χ1v) is 18.1. The van der Waals surface area contributed by atoms with Crippen molar-refractivity contribution in [2.75, 3.05) is 75.6 Å². The van der Waals surface area contributed by atoms with Gasteiger partial charge in [-0.3, -0.25) is 10.1 Å². The Bertz CT molecular complexity index is 2120. The zero-order chi connectivity index (χ0) is 46.2. The van der Waals surface area contributed by atoms with Gasteiger partial charge in [-0.2, -0.15) is 10.5 Å². The summed E-state index contributed by atoms with van der Waals surface area (Å²) >= 11 is 0. The van der Waals surface area contributed by atoms with Crippen LogP contribution < -0.4 is 14.5 Å². The Kier molecular flexibility index (Phi) is 20.7. The van der Waals surface area contributed by atoms with Crippen LogP contribution in [0.3, 0.4) is 0 Å². The lowest BCUT2D eigenvalue weighted by molar-refractivity contribution is -0.384. The van der Waals surface area contributed by atoms with Crippen LogP contribution in [0, 0.1) is 32.8 Å². The number of carbonyl (C=O) groups is 5. The van der Waals surface area contributed by atoms with E-state index in [9.17, 15) is 57.8 Å². The van der Waals surface area contributed by atoms with E-state index in [2.05, 4.69) is 27.4 Å². The van der Waals surface area contributed by atoms with Gasteiger partial charge in [-0.05, 0) is 49.8 Å². The Morgan fingerprint density at radius 2 is 1.26 bits per heavy atom. The minimum atomic E-state index is -5.17. The summed E-state index contributed by atoms with van der Waals surface area (Å²) in [5.41, 5.74) is -1.44. The maximum atomic E-state index is 13.4. The van der Waals surface area contributed by atoms with Gasteiger partial charge in [0, 0.05) is 48.6 Å². The lowest BCUT2D eigenvalue weighted by atomic mass is 10.1. The fraction of sp³-hybridized carbons (Fsp3) is 0.325. The van der Waals surface area contributed by atoms with Gasteiger partial charge >= 0.3 is 36.4 Å². The van der Waals surface area contributed by atoms with E-state index in [0.717, 1.165) is 42.5 Å². The number of hydrogen-bond donors (Lipinski definition) is 0. The maximum absolute atomic E-state index is 13.4. The molecular formula is C40H40F3N5O14. The topological polar surface area (TPSA) is 247 Å².